The molecular formula is C23H25Cl2NOS. The molecule has 2 aromatic rings. The van der Waals surface area contributed by atoms with Crippen LogP contribution in [0.4, 0.5) is 0 Å². The molecule has 4 rings (SSSR count). The number of halogens is 2. The fourth-order valence-electron chi connectivity index (χ4n) is 4.16. The zero-order chi connectivity index (χ0) is 19.9. The van der Waals surface area contributed by atoms with Crippen LogP contribution in [0.25, 0.3) is 0 Å². The summed E-state index contributed by atoms with van der Waals surface area (Å²) in [4.78, 5) is 15.2. The van der Waals surface area contributed by atoms with Crippen LogP contribution in [0.2, 0.25) is 10.0 Å². The Labute approximate surface area is 181 Å². The number of nitrogens with one attached hydrogen (secondary N) is 1. The SMILES string of the molecule is CC(C)c1ccccc1Sc1ccc(C2(C(=O)C3CCCN3)CC2)c(Cl)c1Cl. The van der Waals surface area contributed by atoms with E-state index in [0.717, 1.165) is 42.7 Å². The second kappa shape index (κ2) is 8.02. The molecule has 2 fully saturated rings. The van der Waals surface area contributed by atoms with Gasteiger partial charge in [0, 0.05) is 9.79 Å². The van der Waals surface area contributed by atoms with Crippen LogP contribution in [-0.4, -0.2) is 18.4 Å². The van der Waals surface area contributed by atoms with Crippen molar-refractivity contribution in [3.63, 3.8) is 0 Å². The Morgan fingerprint density at radius 3 is 2.50 bits per heavy atom. The van der Waals surface area contributed by atoms with E-state index in [4.69, 9.17) is 23.2 Å². The maximum atomic E-state index is 13.1. The Kier molecular flexibility index (Phi) is 5.81. The molecule has 1 aliphatic carbocycles. The molecule has 1 unspecified atom stereocenters. The first-order chi connectivity index (χ1) is 13.4. The molecule has 1 N–H and O–H groups in total. The van der Waals surface area contributed by atoms with Crippen LogP contribution in [0.5, 0.6) is 0 Å². The Bertz CT molecular complexity index is 901. The highest BCUT2D eigenvalue weighted by molar-refractivity contribution is 7.99. The lowest BCUT2D eigenvalue weighted by atomic mass is 9.87. The van der Waals surface area contributed by atoms with Crippen molar-refractivity contribution in [1.29, 1.82) is 0 Å². The van der Waals surface area contributed by atoms with Crippen molar-refractivity contribution >= 4 is 40.7 Å². The van der Waals surface area contributed by atoms with Crippen molar-refractivity contribution in [2.75, 3.05) is 6.54 Å². The summed E-state index contributed by atoms with van der Waals surface area (Å²) < 4.78 is 0. The van der Waals surface area contributed by atoms with Crippen molar-refractivity contribution in [2.24, 2.45) is 0 Å². The molecule has 0 bridgehead atoms. The second-order valence-electron chi connectivity index (χ2n) is 8.13. The lowest BCUT2D eigenvalue weighted by Crippen LogP contribution is -2.38. The third-order valence-electron chi connectivity index (χ3n) is 5.92. The van der Waals surface area contributed by atoms with E-state index in [1.165, 1.54) is 10.5 Å². The summed E-state index contributed by atoms with van der Waals surface area (Å²) in [6.07, 6.45) is 3.71. The molecule has 1 saturated heterocycles. The van der Waals surface area contributed by atoms with E-state index in [0.29, 0.717) is 16.0 Å². The lowest BCUT2D eigenvalue weighted by molar-refractivity contribution is -0.123. The van der Waals surface area contributed by atoms with Crippen LogP contribution in [0.1, 0.15) is 56.6 Å². The average Bonchev–Trinajstić information content (AvgIpc) is 3.30. The Morgan fingerprint density at radius 2 is 1.86 bits per heavy atom. The third kappa shape index (κ3) is 3.63. The molecule has 1 heterocycles. The molecule has 28 heavy (non-hydrogen) atoms. The van der Waals surface area contributed by atoms with Gasteiger partial charge in [0.2, 0.25) is 0 Å². The van der Waals surface area contributed by atoms with Crippen molar-refractivity contribution < 1.29 is 4.79 Å². The van der Waals surface area contributed by atoms with Crippen LogP contribution in [-0.2, 0) is 10.2 Å². The number of Topliss-reactive ketones (excluding diaryl/α,β-unsaturated/α-hetero) is 1. The highest BCUT2D eigenvalue weighted by atomic mass is 35.5. The number of hydrogen-bond acceptors (Lipinski definition) is 3. The van der Waals surface area contributed by atoms with E-state index < -0.39 is 5.41 Å². The van der Waals surface area contributed by atoms with Crippen LogP contribution in [0.15, 0.2) is 46.2 Å². The molecule has 1 atom stereocenters. The van der Waals surface area contributed by atoms with Gasteiger partial charge in [-0.05, 0) is 61.4 Å². The van der Waals surface area contributed by atoms with Crippen molar-refractivity contribution in [3.05, 3.63) is 57.6 Å². The summed E-state index contributed by atoms with van der Waals surface area (Å²) in [5.74, 6) is 0.719. The smallest absolute Gasteiger partial charge is 0.160 e. The van der Waals surface area contributed by atoms with E-state index in [1.807, 2.05) is 18.2 Å². The van der Waals surface area contributed by atoms with Gasteiger partial charge in [-0.1, -0.05) is 73.1 Å². The molecule has 5 heteroatoms. The standard InChI is InChI=1S/C23H25Cl2NOS/c1-14(2)15-6-3-4-8-18(15)28-19-10-9-16(20(24)21(19)25)23(11-12-23)22(27)17-7-5-13-26-17/h3-4,6,8-10,14,17,26H,5,7,11-13H2,1-2H3. The molecule has 2 aromatic carbocycles. The molecule has 0 spiro atoms. The molecule has 2 nitrogen and oxygen atoms in total. The average molecular weight is 434 g/mol. The quantitative estimate of drug-likeness (QED) is 0.554. The minimum absolute atomic E-state index is 0.0377. The van der Waals surface area contributed by atoms with E-state index >= 15 is 0 Å². The van der Waals surface area contributed by atoms with Crippen LogP contribution in [0.3, 0.4) is 0 Å². The fraction of sp³-hybridized carbons (Fsp3) is 0.435. The van der Waals surface area contributed by atoms with Crippen LogP contribution < -0.4 is 5.32 Å². The summed E-state index contributed by atoms with van der Waals surface area (Å²) in [5, 5.41) is 4.43. The normalized spacial score (nSPS) is 20.5. The van der Waals surface area contributed by atoms with Gasteiger partial charge in [0.05, 0.1) is 21.5 Å². The van der Waals surface area contributed by atoms with Gasteiger partial charge in [-0.3, -0.25) is 4.79 Å². The van der Waals surface area contributed by atoms with E-state index in [-0.39, 0.29) is 11.8 Å². The second-order valence-corrected chi connectivity index (χ2v) is 9.97. The molecule has 0 radical (unpaired) electrons. The van der Waals surface area contributed by atoms with Gasteiger partial charge in [-0.15, -0.1) is 0 Å². The molecule has 0 aromatic heterocycles. The van der Waals surface area contributed by atoms with Gasteiger partial charge in [-0.25, -0.2) is 0 Å². The summed E-state index contributed by atoms with van der Waals surface area (Å²) in [6.45, 7) is 5.30. The number of ketones is 1. The van der Waals surface area contributed by atoms with Gasteiger partial charge in [0.1, 0.15) is 0 Å². The van der Waals surface area contributed by atoms with Crippen molar-refractivity contribution in [3.8, 4) is 0 Å². The summed E-state index contributed by atoms with van der Waals surface area (Å²) in [7, 11) is 0. The van der Waals surface area contributed by atoms with Gasteiger partial charge < -0.3 is 5.32 Å². The number of hydrogen-bond donors (Lipinski definition) is 1. The highest BCUT2D eigenvalue weighted by Gasteiger charge is 2.54. The number of rotatable bonds is 6. The summed E-state index contributed by atoms with van der Waals surface area (Å²) in [6, 6.07) is 12.4. The van der Waals surface area contributed by atoms with E-state index in [2.05, 4.69) is 37.4 Å². The van der Waals surface area contributed by atoms with E-state index in [9.17, 15) is 4.79 Å². The summed E-state index contributed by atoms with van der Waals surface area (Å²) >= 11 is 15.1. The van der Waals surface area contributed by atoms with Gasteiger partial charge in [-0.2, -0.15) is 0 Å². The minimum Gasteiger partial charge on any atom is -0.307 e. The largest absolute Gasteiger partial charge is 0.307 e. The van der Waals surface area contributed by atoms with Crippen LogP contribution in [0, 0.1) is 0 Å². The van der Waals surface area contributed by atoms with Gasteiger partial charge >= 0.3 is 0 Å². The zero-order valence-corrected chi connectivity index (χ0v) is 18.6. The predicted molar refractivity (Wildman–Crippen MR) is 118 cm³/mol. The first kappa shape index (κ1) is 20.3. The first-order valence-corrected chi connectivity index (χ1v) is 11.5. The molecule has 1 saturated carbocycles. The fourth-order valence-corrected chi connectivity index (χ4v) is 5.98. The monoisotopic (exact) mass is 433 g/mol. The zero-order valence-electron chi connectivity index (χ0n) is 16.2. The van der Waals surface area contributed by atoms with Gasteiger partial charge in [0.15, 0.2) is 5.78 Å². The Morgan fingerprint density at radius 1 is 1.11 bits per heavy atom. The number of carbonyl (C=O) groups excluding carboxylic acids is 1. The molecule has 0 amide bonds. The molecule has 2 aliphatic rings. The highest BCUT2D eigenvalue weighted by Crippen LogP contribution is 2.54. The molecule has 148 valence electrons. The lowest BCUT2D eigenvalue weighted by Gasteiger charge is -2.22. The maximum Gasteiger partial charge on any atom is 0.160 e. The van der Waals surface area contributed by atoms with Gasteiger partial charge in [0.25, 0.3) is 0 Å². The number of benzene rings is 2. The maximum absolute atomic E-state index is 13.1. The Hall–Kier alpha value is -1.00. The minimum atomic E-state index is -0.443. The molecule has 1 aliphatic heterocycles. The topological polar surface area (TPSA) is 29.1 Å². The van der Waals surface area contributed by atoms with E-state index in [1.54, 1.807) is 11.8 Å². The summed E-state index contributed by atoms with van der Waals surface area (Å²) in [5.41, 5.74) is 1.76. The van der Waals surface area contributed by atoms with Crippen LogP contribution >= 0.6 is 35.0 Å². The third-order valence-corrected chi connectivity index (χ3v) is 8.07. The van der Waals surface area contributed by atoms with Crippen molar-refractivity contribution in [1.82, 2.24) is 5.32 Å². The van der Waals surface area contributed by atoms with Crippen molar-refractivity contribution in [2.45, 2.75) is 66.7 Å². The first-order valence-electron chi connectivity index (χ1n) is 9.97. The molecular weight excluding hydrogens is 409 g/mol. The Balaban J connectivity index is 1.64. The number of carbonyl (C=O) groups is 1. The predicted octanol–water partition coefficient (Wildman–Crippen LogP) is 6.62.